The van der Waals surface area contributed by atoms with Crippen molar-refractivity contribution in [1.82, 2.24) is 4.31 Å². The first-order valence-electron chi connectivity index (χ1n) is 6.76. The summed E-state index contributed by atoms with van der Waals surface area (Å²) in [5, 5.41) is 0. The third-order valence-corrected chi connectivity index (χ3v) is 5.87. The van der Waals surface area contributed by atoms with Crippen LogP contribution in [0.15, 0.2) is 29.2 Å². The molecule has 1 aliphatic rings. The van der Waals surface area contributed by atoms with E-state index in [0.29, 0.717) is 24.5 Å². The Morgan fingerprint density at radius 2 is 1.90 bits per heavy atom. The molecule has 1 aromatic carbocycles. The highest BCUT2D eigenvalue weighted by molar-refractivity contribution is 7.89. The van der Waals surface area contributed by atoms with Crippen molar-refractivity contribution >= 4 is 15.7 Å². The topological polar surface area (TPSA) is 66.6 Å². The van der Waals surface area contributed by atoms with Gasteiger partial charge >= 0.3 is 0 Å². The molecule has 112 valence electrons. The van der Waals surface area contributed by atoms with E-state index in [-0.39, 0.29) is 5.41 Å². The third-order valence-electron chi connectivity index (χ3n) is 4.01. The van der Waals surface area contributed by atoms with Crippen molar-refractivity contribution in [2.24, 2.45) is 11.1 Å². The summed E-state index contributed by atoms with van der Waals surface area (Å²) in [6, 6.07) is 6.99. The summed E-state index contributed by atoms with van der Waals surface area (Å²) in [5.74, 6) is 0. The second-order valence-corrected chi connectivity index (χ2v) is 7.93. The summed E-state index contributed by atoms with van der Waals surface area (Å²) in [5.41, 5.74) is 6.62. The maximum atomic E-state index is 12.6. The van der Waals surface area contributed by atoms with Gasteiger partial charge in [0.25, 0.3) is 0 Å². The number of sulfonamides is 1. The molecule has 2 N–H and O–H groups in total. The third kappa shape index (κ3) is 2.82. The van der Waals surface area contributed by atoms with Gasteiger partial charge in [-0.05, 0) is 42.6 Å². The summed E-state index contributed by atoms with van der Waals surface area (Å²) >= 11 is 0. The van der Waals surface area contributed by atoms with E-state index in [9.17, 15) is 8.42 Å². The van der Waals surface area contributed by atoms with Crippen molar-refractivity contribution in [2.45, 2.75) is 18.2 Å². The van der Waals surface area contributed by atoms with Crippen LogP contribution >= 0.6 is 0 Å². The van der Waals surface area contributed by atoms with Gasteiger partial charge in [0.1, 0.15) is 0 Å². The highest BCUT2D eigenvalue weighted by atomic mass is 32.2. The molecule has 0 aliphatic carbocycles. The molecule has 1 unspecified atom stereocenters. The smallest absolute Gasteiger partial charge is 0.243 e. The Hall–Kier alpha value is -1.11. The fourth-order valence-corrected chi connectivity index (χ4v) is 4.01. The minimum Gasteiger partial charge on any atom is -0.378 e. The molecule has 0 saturated carbocycles. The Balaban J connectivity index is 2.23. The van der Waals surface area contributed by atoms with E-state index in [4.69, 9.17) is 5.73 Å². The van der Waals surface area contributed by atoms with Crippen molar-refractivity contribution in [1.29, 1.82) is 0 Å². The first-order chi connectivity index (χ1) is 9.28. The average molecular weight is 297 g/mol. The van der Waals surface area contributed by atoms with Gasteiger partial charge in [-0.15, -0.1) is 0 Å². The summed E-state index contributed by atoms with van der Waals surface area (Å²) in [6.07, 6.45) is 0.818. The largest absolute Gasteiger partial charge is 0.378 e. The molecule has 0 spiro atoms. The summed E-state index contributed by atoms with van der Waals surface area (Å²) in [6.45, 7) is 3.60. The number of anilines is 1. The fourth-order valence-electron chi connectivity index (χ4n) is 2.42. The number of nitrogens with two attached hydrogens (primary N) is 1. The van der Waals surface area contributed by atoms with Crippen molar-refractivity contribution in [2.75, 3.05) is 38.6 Å². The molecule has 20 heavy (non-hydrogen) atoms. The van der Waals surface area contributed by atoms with Crippen LogP contribution in [0.5, 0.6) is 0 Å². The van der Waals surface area contributed by atoms with E-state index in [1.807, 2.05) is 38.1 Å². The van der Waals surface area contributed by atoms with Gasteiger partial charge in [-0.3, -0.25) is 0 Å². The molecule has 1 aliphatic heterocycles. The molecule has 6 heteroatoms. The van der Waals surface area contributed by atoms with Crippen LogP contribution in [0, 0.1) is 5.41 Å². The SMILES string of the molecule is CN(C)c1ccc(S(=O)(=O)N2CCC(C)(CN)C2)cc1. The number of hydrogen-bond acceptors (Lipinski definition) is 4. The van der Waals surface area contributed by atoms with Gasteiger partial charge in [-0.25, -0.2) is 8.42 Å². The van der Waals surface area contributed by atoms with E-state index in [0.717, 1.165) is 12.1 Å². The Morgan fingerprint density at radius 1 is 1.30 bits per heavy atom. The zero-order valence-corrected chi connectivity index (χ0v) is 13.2. The second kappa shape index (κ2) is 5.35. The van der Waals surface area contributed by atoms with Gasteiger partial charge in [0.05, 0.1) is 4.90 Å². The van der Waals surface area contributed by atoms with Crippen LogP contribution in [-0.2, 0) is 10.0 Å². The molecule has 1 atom stereocenters. The standard InChI is InChI=1S/C14H23N3O2S/c1-14(10-15)8-9-17(11-14)20(18,19)13-6-4-12(5-7-13)16(2)3/h4-7H,8-11,15H2,1-3H3. The average Bonchev–Trinajstić information content (AvgIpc) is 2.83. The molecule has 2 rings (SSSR count). The van der Waals surface area contributed by atoms with E-state index in [1.54, 1.807) is 16.4 Å². The van der Waals surface area contributed by atoms with Crippen molar-refractivity contribution in [3.8, 4) is 0 Å². The first kappa shape index (κ1) is 15.3. The van der Waals surface area contributed by atoms with Crippen LogP contribution in [0.2, 0.25) is 0 Å². The number of rotatable bonds is 4. The second-order valence-electron chi connectivity index (χ2n) is 5.99. The normalized spacial score (nSPS) is 24.0. The van der Waals surface area contributed by atoms with Crippen LogP contribution in [0.3, 0.4) is 0 Å². The van der Waals surface area contributed by atoms with E-state index in [2.05, 4.69) is 0 Å². The lowest BCUT2D eigenvalue weighted by Gasteiger charge is -2.22. The molecule has 0 amide bonds. The van der Waals surface area contributed by atoms with Gasteiger partial charge < -0.3 is 10.6 Å². The lowest BCUT2D eigenvalue weighted by Crippen LogP contribution is -2.34. The minimum absolute atomic E-state index is 0.101. The van der Waals surface area contributed by atoms with Crippen molar-refractivity contribution < 1.29 is 8.42 Å². The molecular weight excluding hydrogens is 274 g/mol. The van der Waals surface area contributed by atoms with Crippen LogP contribution in [0.4, 0.5) is 5.69 Å². The molecular formula is C14H23N3O2S. The summed E-state index contributed by atoms with van der Waals surface area (Å²) in [4.78, 5) is 2.29. The predicted octanol–water partition coefficient (Wildman–Crippen LogP) is 1.11. The molecule has 5 nitrogen and oxygen atoms in total. The number of nitrogens with zero attached hydrogens (tertiary/aromatic N) is 2. The van der Waals surface area contributed by atoms with Gasteiger partial charge in [0.15, 0.2) is 0 Å². The molecule has 1 saturated heterocycles. The van der Waals surface area contributed by atoms with E-state index < -0.39 is 10.0 Å². The van der Waals surface area contributed by atoms with Crippen molar-refractivity contribution in [3.63, 3.8) is 0 Å². The lowest BCUT2D eigenvalue weighted by atomic mass is 9.90. The number of benzene rings is 1. The predicted molar refractivity (Wildman–Crippen MR) is 81.3 cm³/mol. The Bertz CT molecular complexity index is 569. The monoisotopic (exact) mass is 297 g/mol. The zero-order valence-electron chi connectivity index (χ0n) is 12.3. The minimum atomic E-state index is -3.40. The molecule has 1 heterocycles. The highest BCUT2D eigenvalue weighted by Gasteiger charge is 2.38. The molecule has 0 radical (unpaired) electrons. The van der Waals surface area contributed by atoms with Crippen LogP contribution in [0.25, 0.3) is 0 Å². The Kier molecular flexibility index (Phi) is 4.09. The summed E-state index contributed by atoms with van der Waals surface area (Å²) in [7, 11) is 0.451. The van der Waals surface area contributed by atoms with E-state index >= 15 is 0 Å². The van der Waals surface area contributed by atoms with Gasteiger partial charge in [0, 0.05) is 32.9 Å². The van der Waals surface area contributed by atoms with Crippen molar-refractivity contribution in [3.05, 3.63) is 24.3 Å². The fraction of sp³-hybridized carbons (Fsp3) is 0.571. The van der Waals surface area contributed by atoms with Gasteiger partial charge in [-0.2, -0.15) is 4.31 Å². The van der Waals surface area contributed by atoms with Crippen LogP contribution < -0.4 is 10.6 Å². The van der Waals surface area contributed by atoms with Gasteiger partial charge in [-0.1, -0.05) is 6.92 Å². The Morgan fingerprint density at radius 3 is 2.35 bits per heavy atom. The molecule has 0 aromatic heterocycles. The first-order valence-corrected chi connectivity index (χ1v) is 8.20. The maximum Gasteiger partial charge on any atom is 0.243 e. The maximum absolute atomic E-state index is 12.6. The van der Waals surface area contributed by atoms with E-state index in [1.165, 1.54) is 0 Å². The Labute approximate surface area is 121 Å². The molecule has 1 fully saturated rings. The highest BCUT2D eigenvalue weighted by Crippen LogP contribution is 2.32. The van der Waals surface area contributed by atoms with Crippen LogP contribution in [-0.4, -0.2) is 46.5 Å². The molecule has 0 bridgehead atoms. The number of hydrogen-bond donors (Lipinski definition) is 1. The van der Waals surface area contributed by atoms with Crippen LogP contribution in [0.1, 0.15) is 13.3 Å². The molecule has 1 aromatic rings. The lowest BCUT2D eigenvalue weighted by molar-refractivity contribution is 0.349. The summed E-state index contributed by atoms with van der Waals surface area (Å²) < 4.78 is 26.7. The quantitative estimate of drug-likeness (QED) is 0.904. The zero-order chi connectivity index (χ0) is 15.0. The van der Waals surface area contributed by atoms with Gasteiger partial charge in [0.2, 0.25) is 10.0 Å².